The molecule has 0 spiro atoms. The van der Waals surface area contributed by atoms with Crippen LogP contribution in [0.1, 0.15) is 23.6 Å². The van der Waals surface area contributed by atoms with Gasteiger partial charge in [0.25, 0.3) is 0 Å². The first kappa shape index (κ1) is 21.2. The predicted octanol–water partition coefficient (Wildman–Crippen LogP) is 5.13. The van der Waals surface area contributed by atoms with E-state index in [2.05, 4.69) is 4.74 Å². The van der Waals surface area contributed by atoms with E-state index < -0.39 is 24.2 Å². The Bertz CT molecular complexity index is 1030. The average molecular weight is 421 g/mol. The summed E-state index contributed by atoms with van der Waals surface area (Å²) in [5.41, 5.74) is 2.85. The van der Waals surface area contributed by atoms with Crippen LogP contribution in [0.25, 0.3) is 17.2 Å². The monoisotopic (exact) mass is 421 g/mol. The van der Waals surface area contributed by atoms with Crippen LogP contribution in [-0.2, 0) is 16.1 Å². The minimum absolute atomic E-state index is 0.0685. The molecule has 30 heavy (non-hydrogen) atoms. The molecule has 9 heteroatoms. The van der Waals surface area contributed by atoms with Gasteiger partial charge in [0.2, 0.25) is 0 Å². The van der Waals surface area contributed by atoms with Crippen molar-refractivity contribution in [1.29, 1.82) is 0 Å². The SMILES string of the molecule is CCN1C(=O)OCc2cc(C)c(-c3cc(C=CC(=O)O)ccc3OC(F)(F)F)cc21. The van der Waals surface area contributed by atoms with Gasteiger partial charge in [0.05, 0.1) is 5.69 Å². The molecule has 158 valence electrons. The number of hydrogen-bond acceptors (Lipinski definition) is 4. The molecular weight excluding hydrogens is 403 g/mol. The summed E-state index contributed by atoms with van der Waals surface area (Å²) in [4.78, 5) is 24.2. The number of carbonyl (C=O) groups excluding carboxylic acids is 1. The molecule has 0 aliphatic carbocycles. The summed E-state index contributed by atoms with van der Waals surface area (Å²) in [6.07, 6.45) is -3.29. The Labute approximate surface area is 170 Å². The van der Waals surface area contributed by atoms with E-state index in [1.54, 1.807) is 26.0 Å². The van der Waals surface area contributed by atoms with E-state index in [1.165, 1.54) is 23.1 Å². The summed E-state index contributed by atoms with van der Waals surface area (Å²) in [5, 5.41) is 8.82. The van der Waals surface area contributed by atoms with Crippen molar-refractivity contribution in [2.24, 2.45) is 0 Å². The number of aliphatic carboxylic acids is 1. The number of benzene rings is 2. The molecule has 0 radical (unpaired) electrons. The average Bonchev–Trinajstić information content (AvgIpc) is 2.66. The highest BCUT2D eigenvalue weighted by Gasteiger charge is 2.33. The molecule has 2 aromatic rings. The highest BCUT2D eigenvalue weighted by atomic mass is 19.4. The van der Waals surface area contributed by atoms with Crippen LogP contribution in [0.4, 0.5) is 23.7 Å². The number of cyclic esters (lactones) is 1. The highest BCUT2D eigenvalue weighted by Crippen LogP contribution is 2.40. The molecule has 0 bridgehead atoms. The summed E-state index contributed by atoms with van der Waals surface area (Å²) in [6, 6.07) is 7.24. The first-order valence-corrected chi connectivity index (χ1v) is 8.98. The topological polar surface area (TPSA) is 76.1 Å². The lowest BCUT2D eigenvalue weighted by atomic mass is 9.94. The summed E-state index contributed by atoms with van der Waals surface area (Å²) in [5.74, 6) is -1.62. The molecule has 0 saturated heterocycles. The van der Waals surface area contributed by atoms with E-state index in [1.807, 2.05) is 0 Å². The van der Waals surface area contributed by atoms with Gasteiger partial charge >= 0.3 is 18.4 Å². The first-order chi connectivity index (χ1) is 14.1. The van der Waals surface area contributed by atoms with Crippen molar-refractivity contribution in [1.82, 2.24) is 0 Å². The van der Waals surface area contributed by atoms with Crippen LogP contribution in [0, 0.1) is 6.92 Å². The zero-order chi connectivity index (χ0) is 22.1. The fourth-order valence-corrected chi connectivity index (χ4v) is 3.27. The van der Waals surface area contributed by atoms with Crippen molar-refractivity contribution in [3.05, 3.63) is 53.1 Å². The van der Waals surface area contributed by atoms with Gasteiger partial charge in [-0.1, -0.05) is 6.07 Å². The lowest BCUT2D eigenvalue weighted by molar-refractivity contribution is -0.274. The second-order valence-corrected chi connectivity index (χ2v) is 6.57. The highest BCUT2D eigenvalue weighted by molar-refractivity contribution is 5.93. The maximum atomic E-state index is 12.9. The number of ether oxygens (including phenoxy) is 2. The normalized spacial score (nSPS) is 13.9. The predicted molar refractivity (Wildman–Crippen MR) is 103 cm³/mol. The number of hydrogen-bond donors (Lipinski definition) is 1. The Morgan fingerprint density at radius 2 is 2.00 bits per heavy atom. The van der Waals surface area contributed by atoms with E-state index >= 15 is 0 Å². The van der Waals surface area contributed by atoms with Gasteiger partial charge in [0.1, 0.15) is 12.4 Å². The van der Waals surface area contributed by atoms with Crippen LogP contribution in [0.3, 0.4) is 0 Å². The molecule has 1 amide bonds. The van der Waals surface area contributed by atoms with E-state index in [0.29, 0.717) is 28.9 Å². The number of carboxylic acid groups (broad SMARTS) is 1. The molecule has 2 aromatic carbocycles. The molecule has 1 N–H and O–H groups in total. The third-order valence-electron chi connectivity index (χ3n) is 4.54. The molecule has 6 nitrogen and oxygen atoms in total. The van der Waals surface area contributed by atoms with Crippen LogP contribution in [0.15, 0.2) is 36.4 Å². The molecule has 0 atom stereocenters. The van der Waals surface area contributed by atoms with Crippen molar-refractivity contribution in [2.75, 3.05) is 11.4 Å². The van der Waals surface area contributed by atoms with Gasteiger partial charge in [-0.3, -0.25) is 4.90 Å². The van der Waals surface area contributed by atoms with Gasteiger partial charge in [-0.15, -0.1) is 13.2 Å². The second kappa shape index (κ2) is 8.10. The molecule has 0 fully saturated rings. The molecule has 0 unspecified atom stereocenters. The minimum atomic E-state index is -4.91. The lowest BCUT2D eigenvalue weighted by Gasteiger charge is -2.29. The lowest BCUT2D eigenvalue weighted by Crippen LogP contribution is -2.35. The number of nitrogens with zero attached hydrogens (tertiary/aromatic N) is 1. The molecule has 1 aliphatic rings. The fourth-order valence-electron chi connectivity index (χ4n) is 3.27. The van der Waals surface area contributed by atoms with Gasteiger partial charge in [-0.2, -0.15) is 0 Å². The number of fused-ring (bicyclic) bond motifs is 1. The van der Waals surface area contributed by atoms with Gasteiger partial charge in [0.15, 0.2) is 0 Å². The minimum Gasteiger partial charge on any atom is -0.478 e. The number of aryl methyl sites for hydroxylation is 1. The Balaban J connectivity index is 2.19. The quantitative estimate of drug-likeness (QED) is 0.677. The van der Waals surface area contributed by atoms with Crippen molar-refractivity contribution < 1.29 is 37.3 Å². The summed E-state index contributed by atoms with van der Waals surface area (Å²) < 4.78 is 48.2. The summed E-state index contributed by atoms with van der Waals surface area (Å²) >= 11 is 0. The van der Waals surface area contributed by atoms with Gasteiger partial charge in [0, 0.05) is 23.7 Å². The Hall–Kier alpha value is -3.49. The molecule has 1 aliphatic heterocycles. The number of anilines is 1. The number of amides is 1. The molecule has 1 heterocycles. The third-order valence-corrected chi connectivity index (χ3v) is 4.54. The fraction of sp³-hybridized carbons (Fsp3) is 0.238. The standard InChI is InChI=1S/C21H18F3NO5/c1-3-25-17-10-15(12(2)8-14(17)11-29-20(25)28)16-9-13(5-7-19(26)27)4-6-18(16)30-21(22,23)24/h4-10H,3,11H2,1-2H3,(H,26,27). The summed E-state index contributed by atoms with van der Waals surface area (Å²) in [7, 11) is 0. The van der Waals surface area contributed by atoms with Crippen LogP contribution >= 0.6 is 0 Å². The molecule has 3 rings (SSSR count). The largest absolute Gasteiger partial charge is 0.573 e. The van der Waals surface area contributed by atoms with Gasteiger partial charge < -0.3 is 14.6 Å². The number of carbonyl (C=O) groups is 2. The van der Waals surface area contributed by atoms with Crippen LogP contribution < -0.4 is 9.64 Å². The number of alkyl halides is 3. The second-order valence-electron chi connectivity index (χ2n) is 6.57. The van der Waals surface area contributed by atoms with E-state index in [0.717, 1.165) is 17.7 Å². The Kier molecular flexibility index (Phi) is 5.73. The van der Waals surface area contributed by atoms with Crippen molar-refractivity contribution in [2.45, 2.75) is 26.8 Å². The Morgan fingerprint density at radius 1 is 1.27 bits per heavy atom. The van der Waals surface area contributed by atoms with Gasteiger partial charge in [-0.05, 0) is 60.9 Å². The maximum absolute atomic E-state index is 12.9. The zero-order valence-electron chi connectivity index (χ0n) is 16.1. The number of carboxylic acids is 1. The third kappa shape index (κ3) is 4.56. The zero-order valence-corrected chi connectivity index (χ0v) is 16.1. The number of rotatable bonds is 5. The molecule has 0 aromatic heterocycles. The molecule has 0 saturated carbocycles. The first-order valence-electron chi connectivity index (χ1n) is 8.98. The van der Waals surface area contributed by atoms with Crippen LogP contribution in [-0.4, -0.2) is 30.1 Å². The number of halogens is 3. The summed E-state index contributed by atoms with van der Waals surface area (Å²) in [6.45, 7) is 3.87. The van der Waals surface area contributed by atoms with Crippen molar-refractivity contribution in [3.8, 4) is 16.9 Å². The van der Waals surface area contributed by atoms with Crippen LogP contribution in [0.5, 0.6) is 5.75 Å². The van der Waals surface area contributed by atoms with Crippen molar-refractivity contribution in [3.63, 3.8) is 0 Å². The smallest absolute Gasteiger partial charge is 0.478 e. The maximum Gasteiger partial charge on any atom is 0.573 e. The van der Waals surface area contributed by atoms with Crippen LogP contribution in [0.2, 0.25) is 0 Å². The van der Waals surface area contributed by atoms with E-state index in [9.17, 15) is 22.8 Å². The van der Waals surface area contributed by atoms with E-state index in [-0.39, 0.29) is 12.2 Å². The van der Waals surface area contributed by atoms with Gasteiger partial charge in [-0.25, -0.2) is 9.59 Å². The molecular formula is C21H18F3NO5. The Morgan fingerprint density at radius 3 is 2.63 bits per heavy atom. The van der Waals surface area contributed by atoms with Crippen molar-refractivity contribution >= 4 is 23.8 Å². The van der Waals surface area contributed by atoms with E-state index in [4.69, 9.17) is 9.84 Å².